The number of nitrogens with one attached hydrogen (secondary N) is 9. The van der Waals surface area contributed by atoms with Gasteiger partial charge < -0.3 is 98.8 Å². The average Bonchev–Trinajstić information content (AvgIpc) is 2.54. The van der Waals surface area contributed by atoms with Gasteiger partial charge in [-0.25, -0.2) is 0 Å². The number of hydrogen-bond acceptors (Lipinski definition) is 19. The van der Waals surface area contributed by atoms with E-state index in [2.05, 4.69) is 62.8 Å². The molecule has 2 aromatic rings. The zero-order chi connectivity index (χ0) is 64.9. The number of fused-ring (bicyclic) bond motifs is 5. The van der Waals surface area contributed by atoms with Crippen molar-refractivity contribution in [3.8, 4) is 5.75 Å². The summed E-state index contributed by atoms with van der Waals surface area (Å²) in [6, 6.07) is 0.0637. The zero-order valence-electron chi connectivity index (χ0n) is 48.8. The summed E-state index contributed by atoms with van der Waals surface area (Å²) >= 11 is 0. The number of rotatable bonds is 18. The number of carbonyl (C=O) groups is 10. The third kappa shape index (κ3) is 26.2. The van der Waals surface area contributed by atoms with E-state index in [9.17, 15) is 53.1 Å². The third-order valence-corrected chi connectivity index (χ3v) is 18.2. The topological polar surface area (TPSA) is 544 Å². The SMILES string of the molecule is CC(C)[C@@H]1NC(=O)[C@@H]2CSSC[C@H](NC(=O)[C@H](Cc3ccc(O)cc3)NC(=O)[C@@H](N)CSSC[C@@H](C(N)=O)NC1=O)C(=O)N[C@@H](CCCN=C(N)N)C(=O)N[C@@H](CCCN=C(N)N)C(=O)N[C@@H](CCCN=C(N)N)C(=O)N[C@@H](Cc1ccccc1)C(=O)N2. The lowest BCUT2D eigenvalue weighted by molar-refractivity contribution is -0.136. The maximum absolute atomic E-state index is 14.9. The number of hydrogen-bond donors (Lipinski definition) is 18. The molecule has 31 nitrogen and oxygen atoms in total. The van der Waals surface area contributed by atoms with Crippen molar-refractivity contribution in [2.45, 2.75) is 126 Å². The van der Waals surface area contributed by atoms with E-state index < -0.39 is 125 Å². The number of phenolic OH excluding ortho intramolecular Hbond substituents is 1. The van der Waals surface area contributed by atoms with Crippen molar-refractivity contribution in [1.29, 1.82) is 0 Å². The van der Waals surface area contributed by atoms with Gasteiger partial charge in [-0.3, -0.25) is 62.9 Å². The molecule has 2 bridgehead atoms. The number of phenols is 1. The van der Waals surface area contributed by atoms with Gasteiger partial charge in [-0.2, -0.15) is 0 Å². The van der Waals surface area contributed by atoms with Gasteiger partial charge in [0.1, 0.15) is 60.1 Å². The largest absolute Gasteiger partial charge is 0.508 e. The molecule has 2 fully saturated rings. The van der Waals surface area contributed by atoms with Crippen LogP contribution in [0.25, 0.3) is 0 Å². The van der Waals surface area contributed by atoms with Crippen molar-refractivity contribution in [3.63, 3.8) is 0 Å². The fourth-order valence-corrected chi connectivity index (χ4v) is 13.1. The minimum atomic E-state index is -1.56. The minimum Gasteiger partial charge on any atom is -0.508 e. The van der Waals surface area contributed by atoms with Crippen molar-refractivity contribution >= 4 is 120 Å². The number of nitrogens with two attached hydrogens (primary N) is 8. The highest BCUT2D eigenvalue weighted by Gasteiger charge is 2.37. The summed E-state index contributed by atoms with van der Waals surface area (Å²) in [4.78, 5) is 156. The highest BCUT2D eigenvalue weighted by molar-refractivity contribution is 8.77. The molecule has 88 heavy (non-hydrogen) atoms. The van der Waals surface area contributed by atoms with Crippen LogP contribution in [-0.2, 0) is 60.8 Å². The van der Waals surface area contributed by atoms with Crippen molar-refractivity contribution in [1.82, 2.24) is 47.9 Å². The average molecular weight is 1300 g/mol. The van der Waals surface area contributed by atoms with Gasteiger partial charge in [-0.05, 0) is 67.7 Å². The molecule has 0 unspecified atom stereocenters. The molecule has 35 heteroatoms. The summed E-state index contributed by atoms with van der Waals surface area (Å²) in [5.41, 5.74) is 46.7. The van der Waals surface area contributed by atoms with Crippen molar-refractivity contribution in [2.24, 2.45) is 66.8 Å². The molecular formula is C53H82N20O11S4. The number of amides is 10. The summed E-state index contributed by atoms with van der Waals surface area (Å²) in [5, 5.41) is 34.3. The van der Waals surface area contributed by atoms with Gasteiger partial charge in [0.05, 0.1) is 6.04 Å². The van der Waals surface area contributed by atoms with Crippen LogP contribution >= 0.6 is 43.2 Å². The Morgan fingerprint density at radius 2 is 0.841 bits per heavy atom. The number of nitrogens with zero attached hydrogens (tertiary/aromatic N) is 3. The molecular weight excluding hydrogens is 1220 g/mol. The Labute approximate surface area is 524 Å². The number of guanidine groups is 3. The second-order valence-corrected chi connectivity index (χ2v) is 25.9. The third-order valence-electron chi connectivity index (χ3n) is 13.3. The Bertz CT molecular complexity index is 2790. The Hall–Kier alpha value is -7.89. The Morgan fingerprint density at radius 3 is 1.27 bits per heavy atom. The number of aliphatic imine (C=N–C) groups is 3. The molecule has 10 atom stereocenters. The van der Waals surface area contributed by atoms with E-state index in [4.69, 9.17) is 45.9 Å². The van der Waals surface area contributed by atoms with Crippen LogP contribution in [0.15, 0.2) is 69.6 Å². The molecule has 484 valence electrons. The van der Waals surface area contributed by atoms with Crippen LogP contribution in [0.3, 0.4) is 0 Å². The molecule has 4 rings (SSSR count). The summed E-state index contributed by atoms with van der Waals surface area (Å²) in [6.07, 6.45) is -0.487. The number of aromatic hydroxyl groups is 1. The molecule has 2 aliphatic rings. The summed E-state index contributed by atoms with van der Waals surface area (Å²) in [5.74, 6) is -11.1. The van der Waals surface area contributed by atoms with Crippen LogP contribution < -0.4 is 93.7 Å². The molecule has 2 aliphatic heterocycles. The smallest absolute Gasteiger partial charge is 0.244 e. The number of carbonyl (C=O) groups excluding carboxylic acids is 10. The lowest BCUT2D eigenvalue weighted by atomic mass is 10.0. The monoisotopic (exact) mass is 1300 g/mol. The van der Waals surface area contributed by atoms with Crippen LogP contribution in [0.2, 0.25) is 0 Å². The highest BCUT2D eigenvalue weighted by atomic mass is 33.1. The first kappa shape index (κ1) is 72.6. The van der Waals surface area contributed by atoms with Crippen molar-refractivity contribution < 1.29 is 53.1 Å². The molecule has 0 saturated carbocycles. The lowest BCUT2D eigenvalue weighted by Gasteiger charge is -2.29. The van der Waals surface area contributed by atoms with E-state index >= 15 is 0 Å². The maximum atomic E-state index is 14.9. The Balaban J connectivity index is 1.96. The maximum Gasteiger partial charge on any atom is 0.244 e. The molecule has 0 radical (unpaired) electrons. The molecule has 0 aromatic heterocycles. The van der Waals surface area contributed by atoms with E-state index in [1.807, 2.05) is 0 Å². The van der Waals surface area contributed by atoms with Crippen molar-refractivity contribution in [2.75, 3.05) is 42.6 Å². The predicted molar refractivity (Wildman–Crippen MR) is 341 cm³/mol. The standard InChI is InChI=1S/C53H82N20O11S4/c1-27(2)40-50(84)70-37(41(55)75)24-86-85-23-31(54)42(76)68-35(22-29-14-16-30(74)17-15-29)46(80)71-38-25-87-88-26-39(49(83)73-40)72-47(81)36(21-28-9-4-3-5-10-28)69-45(79)34(13-8-20-64-53(60)61)66-43(77)32(11-6-18-62-51(56)57)65-44(78)33(67-48(38)82)12-7-19-63-52(58)59/h3-5,9-10,14-17,27,31-40,74H,6-8,11-13,18-26,54H2,1-2H3,(H2,55,75)(H,65,78)(H,66,77)(H,67,82)(H,68,76)(H,69,79)(H,70,84)(H,71,80)(H,72,81)(H,73,83)(H4,56,57,62)(H4,58,59,63)(H4,60,61,64)/t31-,32-,33-,34-,35-,36-,37-,38-,39-,40-/m0/s1. The second-order valence-electron chi connectivity index (χ2n) is 20.8. The quantitative estimate of drug-likeness (QED) is 0.0287. The minimum absolute atomic E-state index is 0.00221. The lowest BCUT2D eigenvalue weighted by Crippen LogP contribution is -2.62. The van der Waals surface area contributed by atoms with Gasteiger partial charge in [0.2, 0.25) is 59.1 Å². The molecule has 2 heterocycles. The first-order valence-electron chi connectivity index (χ1n) is 28.1. The van der Waals surface area contributed by atoms with Crippen LogP contribution in [0.1, 0.15) is 63.5 Å². The molecule has 2 aromatic carbocycles. The fraction of sp³-hybridized carbons (Fsp3) is 0.528. The number of primary amides is 1. The van der Waals surface area contributed by atoms with Gasteiger partial charge in [0.15, 0.2) is 17.9 Å². The van der Waals surface area contributed by atoms with Gasteiger partial charge in [0, 0.05) is 55.5 Å². The highest BCUT2D eigenvalue weighted by Crippen LogP contribution is 2.25. The first-order chi connectivity index (χ1) is 41.8. The van der Waals surface area contributed by atoms with Crippen LogP contribution in [0, 0.1) is 5.92 Å². The molecule has 26 N–H and O–H groups in total. The molecule has 0 aliphatic carbocycles. The Morgan fingerprint density at radius 1 is 0.466 bits per heavy atom. The summed E-state index contributed by atoms with van der Waals surface area (Å²) in [7, 11) is 4.00. The summed E-state index contributed by atoms with van der Waals surface area (Å²) < 4.78 is 0. The Kier molecular flexibility index (Phi) is 31.1. The zero-order valence-corrected chi connectivity index (χ0v) is 52.0. The number of benzene rings is 2. The van der Waals surface area contributed by atoms with Gasteiger partial charge in [-0.1, -0.05) is 99.5 Å². The van der Waals surface area contributed by atoms with E-state index in [1.54, 1.807) is 44.2 Å². The second kappa shape index (κ2) is 37.7. The molecule has 2 saturated heterocycles. The van der Waals surface area contributed by atoms with Gasteiger partial charge in [0.25, 0.3) is 0 Å². The van der Waals surface area contributed by atoms with Crippen molar-refractivity contribution in [3.05, 3.63) is 65.7 Å². The van der Waals surface area contributed by atoms with Crippen LogP contribution in [-0.4, -0.2) is 185 Å². The van der Waals surface area contributed by atoms with Crippen LogP contribution in [0.4, 0.5) is 0 Å². The predicted octanol–water partition coefficient (Wildman–Crippen LogP) is -5.04. The van der Waals surface area contributed by atoms with Gasteiger partial charge >= 0.3 is 0 Å². The van der Waals surface area contributed by atoms with Crippen LogP contribution in [0.5, 0.6) is 5.75 Å². The van der Waals surface area contributed by atoms with E-state index in [0.29, 0.717) is 11.1 Å². The van der Waals surface area contributed by atoms with E-state index in [-0.39, 0.29) is 118 Å². The molecule has 0 spiro atoms. The summed E-state index contributed by atoms with van der Waals surface area (Å²) in [6.45, 7) is 3.24. The first-order valence-corrected chi connectivity index (χ1v) is 33.0. The normalized spacial score (nSPS) is 24.6. The molecule has 10 amide bonds. The van der Waals surface area contributed by atoms with Gasteiger partial charge in [-0.15, -0.1) is 0 Å². The fourth-order valence-electron chi connectivity index (χ4n) is 8.52. The van der Waals surface area contributed by atoms with E-state index in [1.165, 1.54) is 24.3 Å². The van der Waals surface area contributed by atoms with E-state index in [0.717, 1.165) is 43.2 Å².